The molecule has 1 heterocycles. The lowest BCUT2D eigenvalue weighted by molar-refractivity contribution is 0.381. The smallest absolute Gasteiger partial charge is 0.409 e. The molecule has 0 aromatic heterocycles. The molecule has 3 nitrogen and oxygen atoms in total. The summed E-state index contributed by atoms with van der Waals surface area (Å²) >= 11 is 0. The Labute approximate surface area is 117 Å². The van der Waals surface area contributed by atoms with Gasteiger partial charge < -0.3 is 13.6 Å². The highest BCUT2D eigenvalue weighted by atomic mass is 31.2. The van der Waals surface area contributed by atoms with Crippen LogP contribution in [-0.4, -0.2) is 0 Å². The van der Waals surface area contributed by atoms with Crippen LogP contribution >= 0.6 is 8.60 Å². The van der Waals surface area contributed by atoms with Gasteiger partial charge in [0.05, 0.1) is 5.39 Å². The first-order valence-electron chi connectivity index (χ1n) is 6.31. The molecular weight excluding hydrogens is 271 g/mol. The molecule has 3 aromatic rings. The molecule has 0 saturated heterocycles. The van der Waals surface area contributed by atoms with E-state index in [4.69, 9.17) is 13.6 Å². The third-order valence-corrected chi connectivity index (χ3v) is 4.15. The summed E-state index contributed by atoms with van der Waals surface area (Å²) < 4.78 is 17.4. The quantitative estimate of drug-likeness (QED) is 0.624. The molecule has 0 bridgehead atoms. The van der Waals surface area contributed by atoms with Crippen molar-refractivity contribution >= 4 is 19.4 Å². The summed E-state index contributed by atoms with van der Waals surface area (Å²) in [4.78, 5) is 0. The largest absolute Gasteiger partial charge is 0.530 e. The molecule has 1 aliphatic rings. The van der Waals surface area contributed by atoms with Gasteiger partial charge in [-0.1, -0.05) is 42.5 Å². The van der Waals surface area contributed by atoms with E-state index in [0.717, 1.165) is 28.0 Å². The Kier molecular flexibility index (Phi) is 2.71. The molecule has 0 saturated carbocycles. The van der Waals surface area contributed by atoms with Gasteiger partial charge in [0.15, 0.2) is 0 Å². The molecule has 98 valence electrons. The molecule has 0 spiro atoms. The minimum absolute atomic E-state index is 0.741. The van der Waals surface area contributed by atoms with Gasteiger partial charge in [-0.25, -0.2) is 0 Å². The lowest BCUT2D eigenvalue weighted by atomic mass is 10.1. The van der Waals surface area contributed by atoms with Crippen LogP contribution < -0.4 is 13.6 Å². The Morgan fingerprint density at radius 3 is 2.00 bits per heavy atom. The third-order valence-electron chi connectivity index (χ3n) is 3.10. The minimum Gasteiger partial charge on any atom is -0.409 e. The van der Waals surface area contributed by atoms with Gasteiger partial charge in [-0.15, -0.1) is 0 Å². The maximum atomic E-state index is 5.83. The molecule has 0 unspecified atom stereocenters. The fraction of sp³-hybridized carbons (Fsp3) is 0. The summed E-state index contributed by atoms with van der Waals surface area (Å²) in [6.45, 7) is 0. The normalized spacial score (nSPS) is 13.6. The molecule has 0 radical (unpaired) electrons. The monoisotopic (exact) mass is 282 g/mol. The van der Waals surface area contributed by atoms with Crippen molar-refractivity contribution in [3.8, 4) is 17.2 Å². The van der Waals surface area contributed by atoms with Crippen LogP contribution in [-0.2, 0) is 0 Å². The Balaban J connectivity index is 1.69. The summed E-state index contributed by atoms with van der Waals surface area (Å²) in [7, 11) is -1.46. The van der Waals surface area contributed by atoms with Crippen LogP contribution in [0.3, 0.4) is 0 Å². The summed E-state index contributed by atoms with van der Waals surface area (Å²) in [5, 5.41) is 2.11. The van der Waals surface area contributed by atoms with E-state index < -0.39 is 8.60 Å². The van der Waals surface area contributed by atoms with Gasteiger partial charge >= 0.3 is 8.60 Å². The molecule has 3 aromatic carbocycles. The van der Waals surface area contributed by atoms with Crippen LogP contribution in [0, 0.1) is 0 Å². The molecular formula is C16H11O3P. The Hall–Kier alpha value is -2.25. The molecule has 0 fully saturated rings. The van der Waals surface area contributed by atoms with E-state index in [-0.39, 0.29) is 0 Å². The van der Waals surface area contributed by atoms with E-state index in [2.05, 4.69) is 0 Å². The third kappa shape index (κ3) is 1.97. The van der Waals surface area contributed by atoms with E-state index in [9.17, 15) is 0 Å². The molecule has 4 heteroatoms. The number of hydrogen-bond donors (Lipinski definition) is 0. The highest BCUT2D eigenvalue weighted by Crippen LogP contribution is 2.51. The second-order valence-corrected chi connectivity index (χ2v) is 5.42. The lowest BCUT2D eigenvalue weighted by Gasteiger charge is -2.24. The summed E-state index contributed by atoms with van der Waals surface area (Å²) in [6, 6.07) is 21.5. The van der Waals surface area contributed by atoms with Gasteiger partial charge in [-0.05, 0) is 29.7 Å². The molecule has 0 amide bonds. The van der Waals surface area contributed by atoms with E-state index >= 15 is 0 Å². The van der Waals surface area contributed by atoms with Gasteiger partial charge in [0.1, 0.15) is 17.2 Å². The zero-order valence-electron chi connectivity index (χ0n) is 10.5. The maximum Gasteiger partial charge on any atom is 0.530 e. The summed E-state index contributed by atoms with van der Waals surface area (Å²) in [5.74, 6) is 2.36. The molecule has 0 N–H and O–H groups in total. The maximum absolute atomic E-state index is 5.83. The topological polar surface area (TPSA) is 27.7 Å². The Bertz CT molecular complexity index is 717. The predicted octanol–water partition coefficient (Wildman–Crippen LogP) is 4.92. The SMILES string of the molecule is c1ccc(OP2Oc3cccc4cccc(c34)O2)cc1. The zero-order valence-corrected chi connectivity index (χ0v) is 11.4. The van der Waals surface area contributed by atoms with Crippen molar-refractivity contribution in [2.24, 2.45) is 0 Å². The predicted molar refractivity (Wildman–Crippen MR) is 79.2 cm³/mol. The van der Waals surface area contributed by atoms with Crippen molar-refractivity contribution in [2.75, 3.05) is 0 Å². The van der Waals surface area contributed by atoms with Gasteiger partial charge in [-0.3, -0.25) is 0 Å². The van der Waals surface area contributed by atoms with Crippen LogP contribution in [0.15, 0.2) is 66.7 Å². The van der Waals surface area contributed by atoms with Gasteiger partial charge in [0.2, 0.25) is 0 Å². The van der Waals surface area contributed by atoms with Crippen molar-refractivity contribution < 1.29 is 13.6 Å². The summed E-state index contributed by atoms with van der Waals surface area (Å²) in [5.41, 5.74) is 0. The number of para-hydroxylation sites is 1. The average molecular weight is 282 g/mol. The van der Waals surface area contributed by atoms with Crippen molar-refractivity contribution in [2.45, 2.75) is 0 Å². The van der Waals surface area contributed by atoms with Gasteiger partial charge in [0.25, 0.3) is 0 Å². The highest BCUT2D eigenvalue weighted by Gasteiger charge is 2.27. The van der Waals surface area contributed by atoms with Gasteiger partial charge in [0, 0.05) is 0 Å². The number of benzene rings is 3. The first kappa shape index (κ1) is 11.6. The average Bonchev–Trinajstić information content (AvgIpc) is 2.49. The van der Waals surface area contributed by atoms with Crippen LogP contribution in [0.2, 0.25) is 0 Å². The molecule has 4 rings (SSSR count). The zero-order chi connectivity index (χ0) is 13.4. The standard InChI is InChI=1S/C16H11O3P/c1-2-8-13(9-3-1)17-20-18-14-10-4-6-12-7-5-11-15(19-20)16(12)14/h1-11H. The lowest BCUT2D eigenvalue weighted by Crippen LogP contribution is -2.06. The number of rotatable bonds is 2. The molecule has 1 aliphatic heterocycles. The molecule has 0 aliphatic carbocycles. The van der Waals surface area contributed by atoms with Crippen LogP contribution in [0.5, 0.6) is 17.2 Å². The summed E-state index contributed by atoms with van der Waals surface area (Å²) in [6.07, 6.45) is 0. The molecule has 0 atom stereocenters. The number of hydrogen-bond acceptors (Lipinski definition) is 3. The van der Waals surface area contributed by atoms with Crippen molar-refractivity contribution in [1.29, 1.82) is 0 Å². The Morgan fingerprint density at radius 1 is 0.700 bits per heavy atom. The van der Waals surface area contributed by atoms with Crippen molar-refractivity contribution in [3.05, 3.63) is 66.7 Å². The van der Waals surface area contributed by atoms with Gasteiger partial charge in [-0.2, -0.15) is 0 Å². The van der Waals surface area contributed by atoms with E-state index in [1.54, 1.807) is 0 Å². The Morgan fingerprint density at radius 2 is 1.35 bits per heavy atom. The van der Waals surface area contributed by atoms with E-state index in [1.807, 2.05) is 66.7 Å². The first-order chi connectivity index (χ1) is 9.90. The van der Waals surface area contributed by atoms with Crippen molar-refractivity contribution in [3.63, 3.8) is 0 Å². The second kappa shape index (κ2) is 4.69. The first-order valence-corrected chi connectivity index (χ1v) is 7.40. The molecule has 20 heavy (non-hydrogen) atoms. The fourth-order valence-electron chi connectivity index (χ4n) is 2.21. The van der Waals surface area contributed by atoms with Crippen LogP contribution in [0.25, 0.3) is 10.8 Å². The highest BCUT2D eigenvalue weighted by molar-refractivity contribution is 7.43. The van der Waals surface area contributed by atoms with E-state index in [1.165, 1.54) is 0 Å². The minimum atomic E-state index is -1.46. The van der Waals surface area contributed by atoms with Crippen molar-refractivity contribution in [1.82, 2.24) is 0 Å². The second-order valence-electron chi connectivity index (χ2n) is 4.42. The van der Waals surface area contributed by atoms with Crippen LogP contribution in [0.4, 0.5) is 0 Å². The van der Waals surface area contributed by atoms with E-state index in [0.29, 0.717) is 0 Å². The fourth-order valence-corrected chi connectivity index (χ4v) is 3.24. The van der Waals surface area contributed by atoms with Crippen LogP contribution in [0.1, 0.15) is 0 Å².